The van der Waals surface area contributed by atoms with E-state index < -0.39 is 29.4 Å². The SMILES string of the molecule is O=C(O)C(=O)CC(=O)c1cn(Cc2ccc3ccccc3n2)c2ccccc2c1=O. The van der Waals surface area contributed by atoms with Gasteiger partial charge in [0.25, 0.3) is 0 Å². The van der Waals surface area contributed by atoms with Gasteiger partial charge in [-0.1, -0.05) is 36.4 Å². The molecule has 0 fully saturated rings. The first-order valence-electron chi connectivity index (χ1n) is 9.20. The van der Waals surface area contributed by atoms with Crippen LogP contribution in [-0.4, -0.2) is 32.2 Å². The Balaban J connectivity index is 1.81. The zero-order valence-electron chi connectivity index (χ0n) is 15.7. The Morgan fingerprint density at radius 2 is 1.67 bits per heavy atom. The van der Waals surface area contributed by atoms with Gasteiger partial charge in [-0.3, -0.25) is 19.4 Å². The van der Waals surface area contributed by atoms with Crippen molar-refractivity contribution in [3.05, 3.63) is 88.3 Å². The number of hydrogen-bond acceptors (Lipinski definition) is 5. The number of aliphatic carboxylic acids is 1. The first-order chi connectivity index (χ1) is 14.4. The lowest BCUT2D eigenvalue weighted by Gasteiger charge is -2.13. The van der Waals surface area contributed by atoms with Gasteiger partial charge in [-0.25, -0.2) is 4.79 Å². The fourth-order valence-corrected chi connectivity index (χ4v) is 3.36. The van der Waals surface area contributed by atoms with Crippen LogP contribution in [0.15, 0.2) is 71.7 Å². The third-order valence-corrected chi connectivity index (χ3v) is 4.84. The van der Waals surface area contributed by atoms with Crippen LogP contribution in [0.1, 0.15) is 22.5 Å². The zero-order chi connectivity index (χ0) is 21.3. The number of carboxylic acids is 1. The standard InChI is InChI=1S/C23H16N2O5/c26-20(11-21(27)23(29)30)17-13-25(19-8-4-2-6-16(19)22(17)28)12-15-10-9-14-5-1-3-7-18(14)24-15/h1-10,13H,11-12H2,(H,29,30). The highest BCUT2D eigenvalue weighted by molar-refractivity contribution is 6.37. The summed E-state index contributed by atoms with van der Waals surface area (Å²) in [6.07, 6.45) is 0.510. The molecule has 0 atom stereocenters. The van der Waals surface area contributed by atoms with Crippen LogP contribution in [0.5, 0.6) is 0 Å². The molecule has 0 spiro atoms. The van der Waals surface area contributed by atoms with E-state index in [1.807, 2.05) is 36.4 Å². The maximum absolute atomic E-state index is 12.8. The van der Waals surface area contributed by atoms with Crippen LogP contribution in [-0.2, 0) is 16.1 Å². The first-order valence-corrected chi connectivity index (χ1v) is 9.20. The van der Waals surface area contributed by atoms with Gasteiger partial charge in [-0.15, -0.1) is 0 Å². The van der Waals surface area contributed by atoms with Crippen LogP contribution >= 0.6 is 0 Å². The molecule has 7 heteroatoms. The zero-order valence-corrected chi connectivity index (χ0v) is 15.7. The molecule has 2 aromatic heterocycles. The molecule has 0 radical (unpaired) electrons. The monoisotopic (exact) mass is 400 g/mol. The number of hydrogen-bond donors (Lipinski definition) is 1. The fourth-order valence-electron chi connectivity index (χ4n) is 3.36. The number of carboxylic acid groups (broad SMARTS) is 1. The van der Waals surface area contributed by atoms with Gasteiger partial charge in [0.2, 0.25) is 5.78 Å². The molecule has 0 unspecified atom stereocenters. The van der Waals surface area contributed by atoms with E-state index in [1.165, 1.54) is 6.20 Å². The molecule has 7 nitrogen and oxygen atoms in total. The second kappa shape index (κ2) is 7.71. The summed E-state index contributed by atoms with van der Waals surface area (Å²) in [5.41, 5.74) is 1.41. The normalized spacial score (nSPS) is 10.9. The van der Waals surface area contributed by atoms with Gasteiger partial charge in [-0.05, 0) is 24.3 Å². The Hall–Kier alpha value is -4.13. The van der Waals surface area contributed by atoms with Crippen molar-refractivity contribution in [3.8, 4) is 0 Å². The minimum absolute atomic E-state index is 0.218. The highest BCUT2D eigenvalue weighted by Gasteiger charge is 2.21. The molecule has 0 aliphatic carbocycles. The number of fused-ring (bicyclic) bond motifs is 2. The maximum Gasteiger partial charge on any atom is 0.372 e. The maximum atomic E-state index is 12.8. The van der Waals surface area contributed by atoms with Crippen LogP contribution in [0.3, 0.4) is 0 Å². The second-order valence-corrected chi connectivity index (χ2v) is 6.84. The first kappa shape index (κ1) is 19.2. The van der Waals surface area contributed by atoms with Crippen molar-refractivity contribution in [2.45, 2.75) is 13.0 Å². The molecule has 2 heterocycles. The summed E-state index contributed by atoms with van der Waals surface area (Å²) in [7, 11) is 0. The van der Waals surface area contributed by atoms with E-state index in [2.05, 4.69) is 4.98 Å². The Morgan fingerprint density at radius 3 is 2.47 bits per heavy atom. The molecule has 1 N–H and O–H groups in total. The van der Waals surface area contributed by atoms with E-state index >= 15 is 0 Å². The Morgan fingerprint density at radius 1 is 0.933 bits per heavy atom. The number of para-hydroxylation sites is 2. The molecule has 0 bridgehead atoms. The molecular formula is C23H16N2O5. The van der Waals surface area contributed by atoms with Crippen LogP contribution in [0.25, 0.3) is 21.8 Å². The lowest BCUT2D eigenvalue weighted by atomic mass is 10.0. The van der Waals surface area contributed by atoms with Crippen LogP contribution in [0.4, 0.5) is 0 Å². The summed E-state index contributed by atoms with van der Waals surface area (Å²) in [5, 5.41) is 10.1. The van der Waals surface area contributed by atoms with Crippen molar-refractivity contribution in [1.29, 1.82) is 0 Å². The second-order valence-electron chi connectivity index (χ2n) is 6.84. The molecule has 0 saturated carbocycles. The van der Waals surface area contributed by atoms with E-state index in [9.17, 15) is 19.2 Å². The number of rotatable bonds is 6. The van der Waals surface area contributed by atoms with Crippen molar-refractivity contribution >= 4 is 39.3 Å². The van der Waals surface area contributed by atoms with Gasteiger partial charge in [0, 0.05) is 17.0 Å². The summed E-state index contributed by atoms with van der Waals surface area (Å²) in [5.74, 6) is -3.78. The predicted octanol–water partition coefficient (Wildman–Crippen LogP) is 2.82. The molecule has 4 aromatic rings. The van der Waals surface area contributed by atoms with E-state index in [4.69, 9.17) is 5.11 Å². The van der Waals surface area contributed by atoms with Gasteiger partial charge in [0.1, 0.15) is 0 Å². The topological polar surface area (TPSA) is 106 Å². The molecule has 148 valence electrons. The van der Waals surface area contributed by atoms with Gasteiger partial charge in [-0.2, -0.15) is 0 Å². The van der Waals surface area contributed by atoms with Crippen molar-refractivity contribution < 1.29 is 19.5 Å². The van der Waals surface area contributed by atoms with Crippen molar-refractivity contribution in [1.82, 2.24) is 9.55 Å². The van der Waals surface area contributed by atoms with Crippen LogP contribution < -0.4 is 5.43 Å². The number of aromatic nitrogens is 2. The smallest absolute Gasteiger partial charge is 0.372 e. The lowest BCUT2D eigenvalue weighted by Crippen LogP contribution is -2.24. The summed E-state index contributed by atoms with van der Waals surface area (Å²) in [6, 6.07) is 18.3. The van der Waals surface area contributed by atoms with E-state index in [-0.39, 0.29) is 5.56 Å². The molecule has 0 aliphatic heterocycles. The van der Waals surface area contributed by atoms with Gasteiger partial charge >= 0.3 is 5.97 Å². The number of benzene rings is 2. The molecule has 2 aromatic carbocycles. The Labute approximate surface area is 170 Å². The van der Waals surface area contributed by atoms with Crippen molar-refractivity contribution in [2.75, 3.05) is 0 Å². The number of ketones is 2. The third kappa shape index (κ3) is 3.60. The lowest BCUT2D eigenvalue weighted by molar-refractivity contribution is -0.148. The molecule has 0 amide bonds. The average Bonchev–Trinajstić information content (AvgIpc) is 2.75. The predicted molar refractivity (Wildman–Crippen MR) is 111 cm³/mol. The average molecular weight is 400 g/mol. The minimum atomic E-state index is -1.70. The number of carbonyl (C=O) groups excluding carboxylic acids is 2. The quantitative estimate of drug-likeness (QED) is 0.303. The summed E-state index contributed by atoms with van der Waals surface area (Å²) in [4.78, 5) is 52.2. The largest absolute Gasteiger partial charge is 0.475 e. The molecule has 4 rings (SSSR count). The number of carbonyl (C=O) groups is 3. The summed E-state index contributed by atoms with van der Waals surface area (Å²) >= 11 is 0. The van der Waals surface area contributed by atoms with Crippen LogP contribution in [0.2, 0.25) is 0 Å². The van der Waals surface area contributed by atoms with Crippen molar-refractivity contribution in [2.24, 2.45) is 0 Å². The fraction of sp³-hybridized carbons (Fsp3) is 0.0870. The molecule has 0 saturated heterocycles. The van der Waals surface area contributed by atoms with Crippen LogP contribution in [0, 0.1) is 0 Å². The number of nitrogens with zero attached hydrogens (tertiary/aromatic N) is 2. The van der Waals surface area contributed by atoms with Crippen molar-refractivity contribution in [3.63, 3.8) is 0 Å². The van der Waals surface area contributed by atoms with E-state index in [0.717, 1.165) is 16.6 Å². The summed E-state index contributed by atoms with van der Waals surface area (Å²) in [6.45, 7) is 0.290. The third-order valence-electron chi connectivity index (χ3n) is 4.84. The molecular weight excluding hydrogens is 384 g/mol. The highest BCUT2D eigenvalue weighted by atomic mass is 16.4. The van der Waals surface area contributed by atoms with Gasteiger partial charge in [0.15, 0.2) is 11.2 Å². The van der Waals surface area contributed by atoms with Gasteiger partial charge < -0.3 is 9.67 Å². The summed E-state index contributed by atoms with van der Waals surface area (Å²) < 4.78 is 1.71. The highest BCUT2D eigenvalue weighted by Crippen LogP contribution is 2.17. The van der Waals surface area contributed by atoms with E-state index in [1.54, 1.807) is 28.8 Å². The number of Topliss-reactive ketones (excluding diaryl/α,β-unsaturated/α-hetero) is 2. The molecule has 0 aliphatic rings. The Bertz CT molecular complexity index is 1390. The van der Waals surface area contributed by atoms with Gasteiger partial charge in [0.05, 0.1) is 35.3 Å². The Kier molecular flexibility index (Phi) is 4.93. The minimum Gasteiger partial charge on any atom is -0.475 e. The number of pyridine rings is 2. The molecule has 30 heavy (non-hydrogen) atoms. The van der Waals surface area contributed by atoms with E-state index in [0.29, 0.717) is 17.4 Å².